The van der Waals surface area contributed by atoms with Gasteiger partial charge in [-0.1, -0.05) is 0 Å². The van der Waals surface area contributed by atoms with Crippen molar-refractivity contribution in [3.8, 4) is 0 Å². The highest BCUT2D eigenvalue weighted by atomic mass is 19.1. The Morgan fingerprint density at radius 2 is 2.43 bits per heavy atom. The predicted molar refractivity (Wildman–Crippen MR) is 46.3 cm³/mol. The fourth-order valence-electron chi connectivity index (χ4n) is 1.14. The van der Waals surface area contributed by atoms with Crippen molar-refractivity contribution in [1.29, 1.82) is 0 Å². The van der Waals surface area contributed by atoms with Crippen LogP contribution in [0.25, 0.3) is 0 Å². The van der Waals surface area contributed by atoms with Crippen LogP contribution in [0.3, 0.4) is 0 Å². The average Bonchev–Trinajstić information content (AvgIpc) is 2.12. The van der Waals surface area contributed by atoms with Crippen LogP contribution < -0.4 is 5.32 Å². The highest BCUT2D eigenvalue weighted by Gasteiger charge is 2.22. The van der Waals surface area contributed by atoms with E-state index in [4.69, 9.17) is 4.74 Å². The minimum Gasteiger partial charge on any atom is -0.377 e. The first-order valence-corrected chi connectivity index (χ1v) is 4.25. The molecule has 14 heavy (non-hydrogen) atoms. The third-order valence-electron chi connectivity index (χ3n) is 1.99. The Hall–Kier alpha value is -1.49. The second kappa shape index (κ2) is 3.71. The first-order valence-electron chi connectivity index (χ1n) is 4.25. The number of nitrogens with one attached hydrogen (secondary N) is 1. The monoisotopic (exact) mass is 196 g/mol. The molecule has 0 atom stereocenters. The van der Waals surface area contributed by atoms with Gasteiger partial charge in [0.2, 0.25) is 0 Å². The van der Waals surface area contributed by atoms with Crippen LogP contribution in [0.5, 0.6) is 0 Å². The third-order valence-corrected chi connectivity index (χ3v) is 1.99. The zero-order valence-corrected chi connectivity index (χ0v) is 7.37. The van der Waals surface area contributed by atoms with Crippen molar-refractivity contribution >= 4 is 5.91 Å². The van der Waals surface area contributed by atoms with Gasteiger partial charge >= 0.3 is 0 Å². The molecular weight excluding hydrogens is 187 g/mol. The molecule has 1 aliphatic rings. The summed E-state index contributed by atoms with van der Waals surface area (Å²) < 4.78 is 17.9. The molecular formula is C9H9FN2O2. The molecule has 1 amide bonds. The number of amides is 1. The van der Waals surface area contributed by atoms with Crippen molar-refractivity contribution in [2.45, 2.75) is 6.04 Å². The van der Waals surface area contributed by atoms with E-state index in [0.29, 0.717) is 13.2 Å². The standard InChI is InChI=1S/C9H9FN2O2/c10-8-3-11-2-1-7(8)9(13)12-6-4-14-5-6/h1-3,6H,4-5H2,(H,12,13). The second-order valence-electron chi connectivity index (χ2n) is 3.06. The number of hydrogen-bond donors (Lipinski definition) is 1. The summed E-state index contributed by atoms with van der Waals surface area (Å²) >= 11 is 0. The highest BCUT2D eigenvalue weighted by molar-refractivity contribution is 5.94. The summed E-state index contributed by atoms with van der Waals surface area (Å²) in [5, 5.41) is 2.64. The summed E-state index contributed by atoms with van der Waals surface area (Å²) in [5.74, 6) is -1.02. The van der Waals surface area contributed by atoms with Crippen LogP contribution in [0.4, 0.5) is 4.39 Å². The Morgan fingerprint density at radius 1 is 1.64 bits per heavy atom. The number of carbonyl (C=O) groups is 1. The molecule has 74 valence electrons. The molecule has 1 aliphatic heterocycles. The average molecular weight is 196 g/mol. The minimum absolute atomic E-state index is 0.00932. The van der Waals surface area contributed by atoms with Crippen LogP contribution >= 0.6 is 0 Å². The van der Waals surface area contributed by atoms with E-state index in [1.54, 1.807) is 0 Å². The van der Waals surface area contributed by atoms with Gasteiger partial charge in [-0.15, -0.1) is 0 Å². The molecule has 1 saturated heterocycles. The van der Waals surface area contributed by atoms with Crippen LogP contribution in [0.2, 0.25) is 0 Å². The van der Waals surface area contributed by atoms with E-state index in [9.17, 15) is 9.18 Å². The molecule has 0 unspecified atom stereocenters. The fourth-order valence-corrected chi connectivity index (χ4v) is 1.14. The summed E-state index contributed by atoms with van der Waals surface area (Å²) in [6, 6.07) is 1.36. The van der Waals surface area contributed by atoms with E-state index >= 15 is 0 Å². The van der Waals surface area contributed by atoms with Gasteiger partial charge in [-0.25, -0.2) is 4.39 Å². The summed E-state index contributed by atoms with van der Waals surface area (Å²) in [5.41, 5.74) is 0.0203. The molecule has 2 heterocycles. The lowest BCUT2D eigenvalue weighted by atomic mass is 10.2. The van der Waals surface area contributed by atoms with Gasteiger partial charge in [-0.3, -0.25) is 9.78 Å². The van der Waals surface area contributed by atoms with E-state index < -0.39 is 11.7 Å². The molecule has 0 saturated carbocycles. The zero-order chi connectivity index (χ0) is 9.97. The molecule has 1 fully saturated rings. The van der Waals surface area contributed by atoms with Gasteiger partial charge < -0.3 is 10.1 Å². The van der Waals surface area contributed by atoms with Gasteiger partial charge in [0.05, 0.1) is 31.0 Å². The summed E-state index contributed by atoms with van der Waals surface area (Å²) in [4.78, 5) is 15.0. The lowest BCUT2D eigenvalue weighted by Crippen LogP contribution is -2.48. The van der Waals surface area contributed by atoms with Crippen molar-refractivity contribution in [2.24, 2.45) is 0 Å². The van der Waals surface area contributed by atoms with Crippen molar-refractivity contribution in [3.05, 3.63) is 29.8 Å². The number of halogens is 1. The van der Waals surface area contributed by atoms with E-state index in [2.05, 4.69) is 10.3 Å². The Bertz CT molecular complexity index is 352. The van der Waals surface area contributed by atoms with Crippen molar-refractivity contribution < 1.29 is 13.9 Å². The van der Waals surface area contributed by atoms with Crippen molar-refractivity contribution in [2.75, 3.05) is 13.2 Å². The van der Waals surface area contributed by atoms with Crippen molar-refractivity contribution in [3.63, 3.8) is 0 Å². The number of pyridine rings is 1. The van der Waals surface area contributed by atoms with Gasteiger partial charge in [0.15, 0.2) is 5.82 Å². The number of ether oxygens (including phenoxy) is 1. The summed E-state index contributed by atoms with van der Waals surface area (Å²) in [7, 11) is 0. The maximum absolute atomic E-state index is 13.1. The Kier molecular flexibility index (Phi) is 2.41. The SMILES string of the molecule is O=C(NC1COC1)c1ccncc1F. The Balaban J connectivity index is 2.06. The molecule has 1 aromatic rings. The molecule has 5 heteroatoms. The summed E-state index contributed by atoms with van der Waals surface area (Å²) in [6.07, 6.45) is 2.40. The molecule has 0 radical (unpaired) electrons. The van der Waals surface area contributed by atoms with Gasteiger partial charge in [0, 0.05) is 6.20 Å². The lowest BCUT2D eigenvalue weighted by Gasteiger charge is -2.26. The molecule has 4 nitrogen and oxygen atoms in total. The highest BCUT2D eigenvalue weighted by Crippen LogP contribution is 2.06. The largest absolute Gasteiger partial charge is 0.377 e. The van der Waals surface area contributed by atoms with Crippen LogP contribution in [-0.2, 0) is 4.74 Å². The van der Waals surface area contributed by atoms with Crippen molar-refractivity contribution in [1.82, 2.24) is 10.3 Å². The first kappa shape index (κ1) is 9.08. The van der Waals surface area contributed by atoms with E-state index in [-0.39, 0.29) is 11.6 Å². The zero-order valence-electron chi connectivity index (χ0n) is 7.37. The smallest absolute Gasteiger partial charge is 0.254 e. The van der Waals surface area contributed by atoms with E-state index in [1.165, 1.54) is 12.3 Å². The number of nitrogens with zero attached hydrogens (tertiary/aromatic N) is 1. The van der Waals surface area contributed by atoms with E-state index in [1.807, 2.05) is 0 Å². The van der Waals surface area contributed by atoms with Gasteiger partial charge in [0.25, 0.3) is 5.91 Å². The molecule has 1 N–H and O–H groups in total. The van der Waals surface area contributed by atoms with Gasteiger partial charge in [-0.2, -0.15) is 0 Å². The molecule has 0 bridgehead atoms. The van der Waals surface area contributed by atoms with Gasteiger partial charge in [-0.05, 0) is 6.07 Å². The number of carbonyl (C=O) groups excluding carboxylic acids is 1. The molecule has 0 aliphatic carbocycles. The first-order chi connectivity index (χ1) is 6.77. The Labute approximate surface area is 80.1 Å². The Morgan fingerprint density at radius 3 is 3.00 bits per heavy atom. The normalized spacial score (nSPS) is 16.1. The van der Waals surface area contributed by atoms with Crippen LogP contribution in [-0.4, -0.2) is 30.1 Å². The van der Waals surface area contributed by atoms with Crippen LogP contribution in [0, 0.1) is 5.82 Å². The quantitative estimate of drug-likeness (QED) is 0.742. The maximum Gasteiger partial charge on any atom is 0.254 e. The maximum atomic E-state index is 13.1. The van der Waals surface area contributed by atoms with Crippen LogP contribution in [0.1, 0.15) is 10.4 Å². The van der Waals surface area contributed by atoms with E-state index in [0.717, 1.165) is 6.20 Å². The summed E-state index contributed by atoms with van der Waals surface area (Å²) in [6.45, 7) is 0.997. The predicted octanol–water partition coefficient (Wildman–Crippen LogP) is 0.349. The van der Waals surface area contributed by atoms with Gasteiger partial charge in [0.1, 0.15) is 0 Å². The molecule has 1 aromatic heterocycles. The molecule has 0 spiro atoms. The number of aromatic nitrogens is 1. The number of rotatable bonds is 2. The molecule has 0 aromatic carbocycles. The minimum atomic E-state index is -0.606. The fraction of sp³-hybridized carbons (Fsp3) is 0.333. The topological polar surface area (TPSA) is 51.2 Å². The number of hydrogen-bond acceptors (Lipinski definition) is 3. The lowest BCUT2D eigenvalue weighted by molar-refractivity contribution is -0.00353. The molecule has 2 rings (SSSR count). The second-order valence-corrected chi connectivity index (χ2v) is 3.06. The van der Waals surface area contributed by atoms with Crippen LogP contribution in [0.15, 0.2) is 18.5 Å². The third kappa shape index (κ3) is 1.72.